The fourth-order valence-electron chi connectivity index (χ4n) is 5.81. The molecule has 2 amide bonds. The van der Waals surface area contributed by atoms with Gasteiger partial charge < -0.3 is 34.8 Å². The van der Waals surface area contributed by atoms with E-state index in [1.54, 1.807) is 18.1 Å². The van der Waals surface area contributed by atoms with Crippen LogP contribution in [0.15, 0.2) is 36.4 Å². The second-order valence-electron chi connectivity index (χ2n) is 10.6. The minimum absolute atomic E-state index is 0.0769. The lowest BCUT2D eigenvalue weighted by Crippen LogP contribution is -2.55. The minimum Gasteiger partial charge on any atom is -0.495 e. The van der Waals surface area contributed by atoms with Gasteiger partial charge in [-0.1, -0.05) is 0 Å². The lowest BCUT2D eigenvalue weighted by atomic mass is 9.99. The monoisotopic (exact) mass is 521 g/mol. The molecule has 2 N–H and O–H groups in total. The van der Waals surface area contributed by atoms with Crippen molar-refractivity contribution in [2.24, 2.45) is 0 Å². The first-order valence-electron chi connectivity index (χ1n) is 13.6. The number of hydrogen-bond acceptors (Lipinski definition) is 7. The third-order valence-electron chi connectivity index (χ3n) is 8.10. The van der Waals surface area contributed by atoms with Gasteiger partial charge in [-0.3, -0.25) is 9.59 Å². The van der Waals surface area contributed by atoms with E-state index in [-0.39, 0.29) is 29.9 Å². The van der Waals surface area contributed by atoms with Crippen LogP contribution >= 0.6 is 0 Å². The first kappa shape index (κ1) is 26.3. The molecule has 204 valence electrons. The van der Waals surface area contributed by atoms with Gasteiger partial charge in [-0.2, -0.15) is 0 Å². The van der Waals surface area contributed by atoms with Crippen LogP contribution < -0.4 is 25.2 Å². The van der Waals surface area contributed by atoms with E-state index in [0.29, 0.717) is 24.5 Å². The summed E-state index contributed by atoms with van der Waals surface area (Å²) in [6, 6.07) is 11.8. The summed E-state index contributed by atoms with van der Waals surface area (Å²) in [5, 5.41) is 6.64. The molecule has 3 heterocycles. The predicted octanol–water partition coefficient (Wildman–Crippen LogP) is 3.61. The van der Waals surface area contributed by atoms with E-state index in [2.05, 4.69) is 33.5 Å². The zero-order chi connectivity index (χ0) is 26.8. The van der Waals surface area contributed by atoms with Crippen molar-refractivity contribution in [2.75, 3.05) is 62.6 Å². The van der Waals surface area contributed by atoms with Gasteiger partial charge in [0.1, 0.15) is 11.8 Å². The molecule has 2 aromatic rings. The maximum absolute atomic E-state index is 13.0. The number of carbonyl (C=O) groups is 2. The molecule has 2 saturated heterocycles. The van der Waals surface area contributed by atoms with Crippen molar-refractivity contribution in [3.63, 3.8) is 0 Å². The van der Waals surface area contributed by atoms with E-state index < -0.39 is 0 Å². The number of amides is 2. The number of ether oxygens (including phenoxy) is 2. The number of likely N-dealkylation sites (N-methyl/N-ethyl adjacent to an activating group) is 1. The van der Waals surface area contributed by atoms with Crippen LogP contribution in [-0.2, 0) is 9.53 Å². The molecule has 1 atom stereocenters. The average Bonchev–Trinajstić information content (AvgIpc) is 2.94. The second kappa shape index (κ2) is 11.2. The summed E-state index contributed by atoms with van der Waals surface area (Å²) in [6.07, 6.45) is 3.71. The average molecular weight is 522 g/mol. The lowest BCUT2D eigenvalue weighted by molar-refractivity contribution is -0.119. The molecule has 9 nitrogen and oxygen atoms in total. The zero-order valence-electron chi connectivity index (χ0n) is 22.8. The molecule has 3 aliphatic rings. The molecule has 0 bridgehead atoms. The Hall–Kier alpha value is -3.30. The molecule has 3 aliphatic heterocycles. The fourth-order valence-corrected chi connectivity index (χ4v) is 5.81. The first-order chi connectivity index (χ1) is 18.4. The zero-order valence-corrected chi connectivity index (χ0v) is 22.8. The van der Waals surface area contributed by atoms with Gasteiger partial charge in [0.15, 0.2) is 0 Å². The highest BCUT2D eigenvalue weighted by Gasteiger charge is 2.38. The van der Waals surface area contributed by atoms with Crippen LogP contribution in [0.1, 0.15) is 43.0 Å². The largest absolute Gasteiger partial charge is 0.495 e. The molecule has 0 unspecified atom stereocenters. The van der Waals surface area contributed by atoms with Crippen molar-refractivity contribution in [3.8, 4) is 5.75 Å². The van der Waals surface area contributed by atoms with Gasteiger partial charge in [0, 0.05) is 43.6 Å². The first-order valence-corrected chi connectivity index (χ1v) is 13.6. The van der Waals surface area contributed by atoms with E-state index in [0.717, 1.165) is 61.5 Å². The van der Waals surface area contributed by atoms with Crippen molar-refractivity contribution < 1.29 is 19.1 Å². The molecule has 0 spiro atoms. The van der Waals surface area contributed by atoms with E-state index in [4.69, 9.17) is 9.47 Å². The van der Waals surface area contributed by atoms with E-state index in [1.165, 1.54) is 0 Å². The molecular weight excluding hydrogens is 482 g/mol. The Labute approximate surface area is 225 Å². The quantitative estimate of drug-likeness (QED) is 0.601. The summed E-state index contributed by atoms with van der Waals surface area (Å²) in [5.74, 6) is 0.619. The van der Waals surface area contributed by atoms with Crippen LogP contribution in [0.4, 0.5) is 22.7 Å². The molecule has 0 saturated carbocycles. The van der Waals surface area contributed by atoms with E-state index >= 15 is 0 Å². The van der Waals surface area contributed by atoms with Crippen LogP contribution in [-0.4, -0.2) is 82.3 Å². The fraction of sp³-hybridized carbons (Fsp3) is 0.517. The number of nitrogens with one attached hydrogen (secondary N) is 2. The van der Waals surface area contributed by atoms with Crippen molar-refractivity contribution >= 4 is 34.6 Å². The summed E-state index contributed by atoms with van der Waals surface area (Å²) in [7, 11) is 5.56. The number of carbonyl (C=O) groups excluding carboxylic acids is 2. The van der Waals surface area contributed by atoms with Gasteiger partial charge in [-0.05, 0) is 89.1 Å². The number of benzene rings is 2. The van der Waals surface area contributed by atoms with Crippen LogP contribution in [0.25, 0.3) is 0 Å². The number of piperidine rings is 1. The highest BCUT2D eigenvalue weighted by molar-refractivity contribution is 6.05. The van der Waals surface area contributed by atoms with Crippen molar-refractivity contribution in [1.82, 2.24) is 10.2 Å². The Balaban J connectivity index is 1.36. The second-order valence-corrected chi connectivity index (χ2v) is 10.6. The number of hydrogen-bond donors (Lipinski definition) is 2. The molecule has 5 rings (SSSR count). The van der Waals surface area contributed by atoms with Crippen molar-refractivity contribution in [1.29, 1.82) is 0 Å². The summed E-state index contributed by atoms with van der Waals surface area (Å²) in [5.41, 5.74) is 4.17. The summed E-state index contributed by atoms with van der Waals surface area (Å²) >= 11 is 0. The highest BCUT2D eigenvalue weighted by atomic mass is 16.5. The molecule has 2 aromatic carbocycles. The van der Waals surface area contributed by atoms with Gasteiger partial charge >= 0.3 is 0 Å². The Morgan fingerprint density at radius 3 is 2.45 bits per heavy atom. The van der Waals surface area contributed by atoms with Crippen LogP contribution in [0.2, 0.25) is 0 Å². The van der Waals surface area contributed by atoms with Crippen LogP contribution in [0.5, 0.6) is 5.75 Å². The molecule has 9 heteroatoms. The molecule has 0 radical (unpaired) electrons. The van der Waals surface area contributed by atoms with Gasteiger partial charge in [0.25, 0.3) is 5.91 Å². The van der Waals surface area contributed by atoms with Crippen molar-refractivity contribution in [3.05, 3.63) is 42.0 Å². The molecule has 0 aliphatic carbocycles. The number of anilines is 4. The maximum Gasteiger partial charge on any atom is 0.251 e. The van der Waals surface area contributed by atoms with Crippen molar-refractivity contribution in [2.45, 2.75) is 50.7 Å². The van der Waals surface area contributed by atoms with E-state index in [9.17, 15) is 9.59 Å². The van der Waals surface area contributed by atoms with Gasteiger partial charge in [-0.15, -0.1) is 0 Å². The Kier molecular flexibility index (Phi) is 7.76. The topological polar surface area (TPSA) is 86.4 Å². The number of rotatable bonds is 6. The van der Waals surface area contributed by atoms with E-state index in [1.807, 2.05) is 38.2 Å². The Morgan fingerprint density at radius 2 is 1.74 bits per heavy atom. The predicted molar refractivity (Wildman–Crippen MR) is 150 cm³/mol. The van der Waals surface area contributed by atoms with Crippen LogP contribution in [0, 0.1) is 0 Å². The smallest absolute Gasteiger partial charge is 0.251 e. The number of likely N-dealkylation sites (tertiary alicyclic amines) is 1. The third-order valence-corrected chi connectivity index (χ3v) is 8.10. The SMILES string of the molecule is COc1cc(C(=O)NC2CCN(C)CC2)ccc1Nc1ccc2c(c1)N(C1CCOCC1)[C@H](C)C(=O)N2C. The number of nitrogens with zero attached hydrogens (tertiary/aromatic N) is 3. The van der Waals surface area contributed by atoms with Crippen LogP contribution in [0.3, 0.4) is 0 Å². The van der Waals surface area contributed by atoms with Gasteiger partial charge in [-0.25, -0.2) is 0 Å². The summed E-state index contributed by atoms with van der Waals surface area (Å²) in [6.45, 7) is 5.38. The Bertz CT molecular complexity index is 1170. The standard InChI is InChI=1S/C29H39N5O4/c1-19-29(36)33(3)25-8-6-22(18-26(25)34(19)23-11-15-38-16-12-23)30-24-7-5-20(17-27(24)37-4)28(35)31-21-9-13-32(2)14-10-21/h5-8,17-19,21,23,30H,9-16H2,1-4H3,(H,31,35)/t19-/m1/s1. The maximum atomic E-state index is 13.0. The Morgan fingerprint density at radius 1 is 1.00 bits per heavy atom. The third kappa shape index (κ3) is 5.31. The number of fused-ring (bicyclic) bond motifs is 1. The normalized spacial score (nSPS) is 21.3. The summed E-state index contributed by atoms with van der Waals surface area (Å²) < 4.78 is 11.2. The molecular formula is C29H39N5O4. The minimum atomic E-state index is -0.247. The molecule has 0 aromatic heterocycles. The lowest BCUT2D eigenvalue weighted by Gasteiger charge is -2.45. The molecule has 38 heavy (non-hydrogen) atoms. The van der Waals surface area contributed by atoms with Gasteiger partial charge in [0.2, 0.25) is 5.91 Å². The van der Waals surface area contributed by atoms with Gasteiger partial charge in [0.05, 0.1) is 24.2 Å². The molecule has 2 fully saturated rings. The highest BCUT2D eigenvalue weighted by Crippen LogP contribution is 2.41. The summed E-state index contributed by atoms with van der Waals surface area (Å²) in [4.78, 5) is 32.2. The number of methoxy groups -OCH3 is 1.